The van der Waals surface area contributed by atoms with Gasteiger partial charge in [-0.15, -0.1) is 0 Å². The Morgan fingerprint density at radius 3 is 2.82 bits per heavy atom. The van der Waals surface area contributed by atoms with Crippen molar-refractivity contribution in [2.75, 3.05) is 5.73 Å². The molecule has 0 aliphatic carbocycles. The molecule has 56 valence electrons. The predicted octanol–water partition coefficient (Wildman–Crippen LogP) is 1.99. The van der Waals surface area contributed by atoms with Crippen LogP contribution in [0.25, 0.3) is 0 Å². The highest BCUT2D eigenvalue weighted by Crippen LogP contribution is 2.17. The van der Waals surface area contributed by atoms with Crippen molar-refractivity contribution in [2.24, 2.45) is 0 Å². The van der Waals surface area contributed by atoms with Gasteiger partial charge in [0.2, 0.25) is 0 Å². The molecular weight excluding hydrogens is 160 g/mol. The summed E-state index contributed by atoms with van der Waals surface area (Å²) in [6, 6.07) is 7.16. The molecule has 0 aliphatic rings. The molecule has 0 aliphatic heterocycles. The molecule has 0 saturated carbocycles. The van der Waals surface area contributed by atoms with Crippen LogP contribution in [0.3, 0.4) is 0 Å². The smallest absolute Gasteiger partial charge is 0.0670 e. The number of rotatable bonds is 1. The van der Waals surface area contributed by atoms with Gasteiger partial charge in [0, 0.05) is 10.7 Å². The van der Waals surface area contributed by atoms with Gasteiger partial charge in [0.1, 0.15) is 0 Å². The Kier molecular flexibility index (Phi) is 2.35. The molecule has 11 heavy (non-hydrogen) atoms. The quantitative estimate of drug-likeness (QED) is 0.649. The zero-order valence-electron chi connectivity index (χ0n) is 5.84. The van der Waals surface area contributed by atoms with Crippen LogP contribution in [-0.2, 0) is 6.42 Å². The highest BCUT2D eigenvalue weighted by Gasteiger charge is 1.97. The van der Waals surface area contributed by atoms with Crippen molar-refractivity contribution in [1.29, 1.82) is 5.26 Å². The van der Waals surface area contributed by atoms with E-state index in [-0.39, 0.29) is 0 Å². The number of nitrogens with two attached hydrogens (primary N) is 1. The van der Waals surface area contributed by atoms with E-state index in [1.54, 1.807) is 18.2 Å². The van der Waals surface area contributed by atoms with Gasteiger partial charge in [0.05, 0.1) is 12.5 Å². The molecule has 1 aromatic carbocycles. The van der Waals surface area contributed by atoms with E-state index in [9.17, 15) is 0 Å². The van der Waals surface area contributed by atoms with Gasteiger partial charge in [-0.3, -0.25) is 0 Å². The Morgan fingerprint density at radius 2 is 2.27 bits per heavy atom. The van der Waals surface area contributed by atoms with Gasteiger partial charge in [-0.2, -0.15) is 5.26 Å². The first-order valence-electron chi connectivity index (χ1n) is 3.15. The van der Waals surface area contributed by atoms with Gasteiger partial charge in [-0.1, -0.05) is 17.7 Å². The summed E-state index contributed by atoms with van der Waals surface area (Å²) in [6.45, 7) is 0. The molecule has 0 radical (unpaired) electrons. The molecule has 0 aromatic heterocycles. The van der Waals surface area contributed by atoms with Crippen molar-refractivity contribution in [3.05, 3.63) is 28.8 Å². The number of benzene rings is 1. The summed E-state index contributed by atoms with van der Waals surface area (Å²) < 4.78 is 0. The maximum atomic E-state index is 8.37. The van der Waals surface area contributed by atoms with E-state index < -0.39 is 0 Å². The molecule has 0 heterocycles. The zero-order valence-corrected chi connectivity index (χ0v) is 6.60. The molecule has 0 saturated heterocycles. The van der Waals surface area contributed by atoms with E-state index >= 15 is 0 Å². The lowest BCUT2D eigenvalue weighted by Crippen LogP contribution is -1.92. The second kappa shape index (κ2) is 3.27. The predicted molar refractivity (Wildman–Crippen MR) is 45.2 cm³/mol. The average Bonchev–Trinajstić information content (AvgIpc) is 1.95. The number of nitrogens with zero attached hydrogens (tertiary/aromatic N) is 1. The second-order valence-electron chi connectivity index (χ2n) is 2.18. The van der Waals surface area contributed by atoms with Crippen molar-refractivity contribution in [3.8, 4) is 6.07 Å². The van der Waals surface area contributed by atoms with Crippen LogP contribution in [0.15, 0.2) is 18.2 Å². The lowest BCUT2D eigenvalue weighted by Gasteiger charge is -1.99. The molecule has 0 amide bonds. The summed E-state index contributed by atoms with van der Waals surface area (Å²) in [5, 5.41) is 8.98. The van der Waals surface area contributed by atoms with Crippen LogP contribution in [0, 0.1) is 11.3 Å². The van der Waals surface area contributed by atoms with E-state index in [2.05, 4.69) is 0 Å². The van der Waals surface area contributed by atoms with Crippen LogP contribution < -0.4 is 5.73 Å². The van der Waals surface area contributed by atoms with Crippen molar-refractivity contribution in [1.82, 2.24) is 0 Å². The Morgan fingerprint density at radius 1 is 1.55 bits per heavy atom. The van der Waals surface area contributed by atoms with Crippen molar-refractivity contribution >= 4 is 17.3 Å². The maximum Gasteiger partial charge on any atom is 0.0670 e. The van der Waals surface area contributed by atoms with Crippen LogP contribution >= 0.6 is 11.6 Å². The van der Waals surface area contributed by atoms with E-state index in [0.717, 1.165) is 5.56 Å². The summed E-state index contributed by atoms with van der Waals surface area (Å²) in [7, 11) is 0. The van der Waals surface area contributed by atoms with E-state index in [1.165, 1.54) is 0 Å². The standard InChI is InChI=1S/C8H7ClN2/c9-7-2-1-6(3-4-10)8(11)5-7/h1-2,5H,3,11H2. The summed E-state index contributed by atoms with van der Waals surface area (Å²) in [5.41, 5.74) is 6.98. The molecule has 1 aromatic rings. The Balaban J connectivity index is 3.01. The lowest BCUT2D eigenvalue weighted by molar-refractivity contribution is 1.27. The van der Waals surface area contributed by atoms with Gasteiger partial charge in [-0.25, -0.2) is 0 Å². The van der Waals surface area contributed by atoms with Crippen molar-refractivity contribution < 1.29 is 0 Å². The number of anilines is 1. The van der Waals surface area contributed by atoms with Crippen LogP contribution in [-0.4, -0.2) is 0 Å². The summed E-state index contributed by atoms with van der Waals surface area (Å²) in [5.74, 6) is 0. The Hall–Kier alpha value is -1.20. The Bertz CT molecular complexity index is 301. The SMILES string of the molecule is N#CCc1ccc(Cl)cc1N. The van der Waals surface area contributed by atoms with E-state index in [1.807, 2.05) is 6.07 Å². The van der Waals surface area contributed by atoms with E-state index in [0.29, 0.717) is 17.1 Å². The van der Waals surface area contributed by atoms with Gasteiger partial charge in [-0.05, 0) is 17.7 Å². The summed E-state index contributed by atoms with van der Waals surface area (Å²) >= 11 is 5.65. The molecule has 2 N–H and O–H groups in total. The highest BCUT2D eigenvalue weighted by molar-refractivity contribution is 6.30. The first kappa shape index (κ1) is 7.90. The number of hydrogen-bond acceptors (Lipinski definition) is 2. The third-order valence-electron chi connectivity index (χ3n) is 1.38. The average molecular weight is 167 g/mol. The monoisotopic (exact) mass is 166 g/mol. The van der Waals surface area contributed by atoms with Crippen LogP contribution in [0.1, 0.15) is 5.56 Å². The van der Waals surface area contributed by atoms with Crippen LogP contribution in [0.2, 0.25) is 5.02 Å². The number of nitrogen functional groups attached to an aromatic ring is 1. The van der Waals surface area contributed by atoms with Crippen molar-refractivity contribution in [3.63, 3.8) is 0 Å². The van der Waals surface area contributed by atoms with Crippen LogP contribution in [0.4, 0.5) is 5.69 Å². The zero-order chi connectivity index (χ0) is 8.27. The fraction of sp³-hybridized carbons (Fsp3) is 0.125. The Labute approximate surface area is 70.2 Å². The van der Waals surface area contributed by atoms with Gasteiger partial charge in [0.15, 0.2) is 0 Å². The third-order valence-corrected chi connectivity index (χ3v) is 1.61. The van der Waals surface area contributed by atoms with Crippen LogP contribution in [0.5, 0.6) is 0 Å². The summed E-state index contributed by atoms with van der Waals surface area (Å²) in [6.07, 6.45) is 0.336. The minimum atomic E-state index is 0.336. The number of hydrogen-bond donors (Lipinski definition) is 1. The van der Waals surface area contributed by atoms with Crippen molar-refractivity contribution in [2.45, 2.75) is 6.42 Å². The molecule has 2 nitrogen and oxygen atoms in total. The van der Waals surface area contributed by atoms with E-state index in [4.69, 9.17) is 22.6 Å². The first-order valence-corrected chi connectivity index (χ1v) is 3.52. The number of halogens is 1. The molecule has 0 fully saturated rings. The molecule has 1 rings (SSSR count). The molecule has 0 bridgehead atoms. The summed E-state index contributed by atoms with van der Waals surface area (Å²) in [4.78, 5) is 0. The van der Waals surface area contributed by atoms with Gasteiger partial charge in [0.25, 0.3) is 0 Å². The fourth-order valence-corrected chi connectivity index (χ4v) is 0.992. The normalized spacial score (nSPS) is 9.09. The largest absolute Gasteiger partial charge is 0.398 e. The molecule has 0 atom stereocenters. The first-order chi connectivity index (χ1) is 5.24. The van der Waals surface area contributed by atoms with Gasteiger partial charge < -0.3 is 5.73 Å². The topological polar surface area (TPSA) is 49.8 Å². The molecule has 0 spiro atoms. The minimum Gasteiger partial charge on any atom is -0.398 e. The lowest BCUT2D eigenvalue weighted by atomic mass is 10.1. The highest BCUT2D eigenvalue weighted by atomic mass is 35.5. The van der Waals surface area contributed by atoms with Gasteiger partial charge >= 0.3 is 0 Å². The number of nitriles is 1. The molecular formula is C8H7ClN2. The fourth-order valence-electron chi connectivity index (χ4n) is 0.812. The molecule has 0 unspecified atom stereocenters. The minimum absolute atomic E-state index is 0.336. The maximum absolute atomic E-state index is 8.37. The third kappa shape index (κ3) is 1.86. The second-order valence-corrected chi connectivity index (χ2v) is 2.61. The molecule has 3 heteroatoms.